The fourth-order valence-electron chi connectivity index (χ4n) is 0.855. The number of nitrogens with one attached hydrogen (secondary N) is 1. The predicted octanol–water partition coefficient (Wildman–Crippen LogP) is 2.42. The van der Waals surface area contributed by atoms with Crippen molar-refractivity contribution >= 4 is 6.08 Å². The minimum atomic E-state index is 0.842. The van der Waals surface area contributed by atoms with Gasteiger partial charge in [0.1, 0.15) is 5.76 Å². The summed E-state index contributed by atoms with van der Waals surface area (Å²) in [7, 11) is 0. The van der Waals surface area contributed by atoms with Gasteiger partial charge < -0.3 is 9.73 Å². The van der Waals surface area contributed by atoms with Crippen LogP contribution >= 0.6 is 0 Å². The average molecular weight is 163 g/mol. The quantitative estimate of drug-likeness (QED) is 0.689. The zero-order valence-electron chi connectivity index (χ0n) is 7.21. The van der Waals surface area contributed by atoms with Crippen LogP contribution in [0.1, 0.15) is 12.7 Å². The molecule has 0 unspecified atom stereocenters. The standard InChI is InChI=1S/C10H13NO/c1-3-11-9(2)6-7-10-5-4-8-12-10/h4-8,11H,2-3H2,1H3/b7-6+. The first-order chi connectivity index (χ1) is 5.83. The second-order valence-electron chi connectivity index (χ2n) is 2.40. The molecule has 0 spiro atoms. The molecular formula is C10H13NO. The molecule has 2 heteroatoms. The van der Waals surface area contributed by atoms with Gasteiger partial charge in [0.15, 0.2) is 0 Å². The van der Waals surface area contributed by atoms with Crippen molar-refractivity contribution in [2.45, 2.75) is 6.92 Å². The molecule has 0 aliphatic rings. The molecule has 1 aromatic heterocycles. The van der Waals surface area contributed by atoms with E-state index in [0.717, 1.165) is 18.0 Å². The summed E-state index contributed by atoms with van der Waals surface area (Å²) < 4.78 is 5.11. The molecule has 64 valence electrons. The Kier molecular flexibility index (Phi) is 3.20. The Morgan fingerprint density at radius 1 is 1.75 bits per heavy atom. The normalized spacial score (nSPS) is 10.4. The number of hydrogen-bond donors (Lipinski definition) is 1. The third kappa shape index (κ3) is 2.66. The minimum Gasteiger partial charge on any atom is -0.465 e. The molecule has 12 heavy (non-hydrogen) atoms. The molecule has 0 fully saturated rings. The van der Waals surface area contributed by atoms with Gasteiger partial charge in [0.2, 0.25) is 0 Å². The first-order valence-corrected chi connectivity index (χ1v) is 3.97. The maximum Gasteiger partial charge on any atom is 0.126 e. The van der Waals surface area contributed by atoms with E-state index in [-0.39, 0.29) is 0 Å². The first kappa shape index (κ1) is 8.65. The molecule has 0 radical (unpaired) electrons. The highest BCUT2D eigenvalue weighted by Gasteiger charge is 1.87. The zero-order chi connectivity index (χ0) is 8.81. The maximum atomic E-state index is 5.11. The van der Waals surface area contributed by atoms with Crippen molar-refractivity contribution in [3.63, 3.8) is 0 Å². The van der Waals surface area contributed by atoms with Crippen molar-refractivity contribution in [1.82, 2.24) is 5.32 Å². The Bertz CT molecular complexity index is 259. The molecule has 0 amide bonds. The number of allylic oxidation sites excluding steroid dienone is 1. The molecule has 1 rings (SSSR count). The van der Waals surface area contributed by atoms with Crippen LogP contribution in [0.5, 0.6) is 0 Å². The number of furan rings is 1. The van der Waals surface area contributed by atoms with Crippen LogP contribution in [0, 0.1) is 0 Å². The zero-order valence-corrected chi connectivity index (χ0v) is 7.21. The van der Waals surface area contributed by atoms with Gasteiger partial charge in [0, 0.05) is 12.2 Å². The fourth-order valence-corrected chi connectivity index (χ4v) is 0.855. The highest BCUT2D eigenvalue weighted by atomic mass is 16.3. The second-order valence-corrected chi connectivity index (χ2v) is 2.40. The maximum absolute atomic E-state index is 5.11. The second kappa shape index (κ2) is 4.44. The van der Waals surface area contributed by atoms with Gasteiger partial charge in [-0.1, -0.05) is 6.58 Å². The molecule has 1 heterocycles. The summed E-state index contributed by atoms with van der Waals surface area (Å²) in [6.07, 6.45) is 5.42. The van der Waals surface area contributed by atoms with Gasteiger partial charge in [-0.2, -0.15) is 0 Å². The minimum absolute atomic E-state index is 0.842. The monoisotopic (exact) mass is 163 g/mol. The van der Waals surface area contributed by atoms with Crippen LogP contribution in [-0.2, 0) is 0 Å². The van der Waals surface area contributed by atoms with Gasteiger partial charge in [-0.15, -0.1) is 0 Å². The van der Waals surface area contributed by atoms with Gasteiger partial charge >= 0.3 is 0 Å². The Morgan fingerprint density at radius 2 is 2.58 bits per heavy atom. The van der Waals surface area contributed by atoms with Crippen LogP contribution in [0.4, 0.5) is 0 Å². The van der Waals surface area contributed by atoms with Crippen LogP contribution in [-0.4, -0.2) is 6.54 Å². The molecule has 2 nitrogen and oxygen atoms in total. The number of likely N-dealkylation sites (N-methyl/N-ethyl adjacent to an activating group) is 1. The fraction of sp³-hybridized carbons (Fsp3) is 0.200. The van der Waals surface area contributed by atoms with Gasteiger partial charge in [-0.25, -0.2) is 0 Å². The highest BCUT2D eigenvalue weighted by Crippen LogP contribution is 2.03. The van der Waals surface area contributed by atoms with Crippen LogP contribution < -0.4 is 5.32 Å². The van der Waals surface area contributed by atoms with E-state index in [2.05, 4.69) is 11.9 Å². The predicted molar refractivity (Wildman–Crippen MR) is 50.6 cm³/mol. The highest BCUT2D eigenvalue weighted by molar-refractivity contribution is 5.46. The topological polar surface area (TPSA) is 25.2 Å². The average Bonchev–Trinajstić information content (AvgIpc) is 2.53. The third-order valence-electron chi connectivity index (χ3n) is 1.40. The molecule has 0 atom stereocenters. The van der Waals surface area contributed by atoms with Crippen molar-refractivity contribution in [3.05, 3.63) is 42.5 Å². The number of rotatable bonds is 4. The summed E-state index contributed by atoms with van der Waals surface area (Å²) in [6, 6.07) is 3.76. The lowest BCUT2D eigenvalue weighted by Gasteiger charge is -1.98. The van der Waals surface area contributed by atoms with E-state index in [0.29, 0.717) is 0 Å². The summed E-state index contributed by atoms with van der Waals surface area (Å²) >= 11 is 0. The molecule has 1 N–H and O–H groups in total. The summed E-state index contributed by atoms with van der Waals surface area (Å²) in [4.78, 5) is 0. The molecule has 0 saturated heterocycles. The smallest absolute Gasteiger partial charge is 0.126 e. The molecule has 0 aromatic carbocycles. The van der Waals surface area contributed by atoms with Crippen molar-refractivity contribution in [3.8, 4) is 0 Å². The van der Waals surface area contributed by atoms with E-state index < -0.39 is 0 Å². The molecule has 0 saturated carbocycles. The molecule has 0 aliphatic heterocycles. The van der Waals surface area contributed by atoms with Crippen LogP contribution in [0.3, 0.4) is 0 Å². The molecule has 0 aliphatic carbocycles. The van der Waals surface area contributed by atoms with Crippen LogP contribution in [0.2, 0.25) is 0 Å². The Hall–Kier alpha value is -1.44. The summed E-state index contributed by atoms with van der Waals surface area (Å²) in [5.74, 6) is 0.842. The molecular weight excluding hydrogens is 150 g/mol. The molecule has 0 bridgehead atoms. The van der Waals surface area contributed by atoms with Gasteiger partial charge in [0.05, 0.1) is 6.26 Å². The van der Waals surface area contributed by atoms with E-state index in [9.17, 15) is 0 Å². The summed E-state index contributed by atoms with van der Waals surface area (Å²) in [5, 5.41) is 3.08. The summed E-state index contributed by atoms with van der Waals surface area (Å²) in [6.45, 7) is 6.73. The van der Waals surface area contributed by atoms with E-state index in [1.54, 1.807) is 6.26 Å². The van der Waals surface area contributed by atoms with Crippen molar-refractivity contribution in [1.29, 1.82) is 0 Å². The van der Waals surface area contributed by atoms with Gasteiger partial charge in [-0.3, -0.25) is 0 Å². The first-order valence-electron chi connectivity index (χ1n) is 3.97. The van der Waals surface area contributed by atoms with E-state index in [4.69, 9.17) is 4.42 Å². The van der Waals surface area contributed by atoms with Crippen LogP contribution in [0.25, 0.3) is 6.08 Å². The van der Waals surface area contributed by atoms with Crippen LogP contribution in [0.15, 0.2) is 41.2 Å². The van der Waals surface area contributed by atoms with Crippen molar-refractivity contribution in [2.24, 2.45) is 0 Å². The lowest BCUT2D eigenvalue weighted by atomic mass is 10.3. The van der Waals surface area contributed by atoms with Gasteiger partial charge in [-0.05, 0) is 31.2 Å². The van der Waals surface area contributed by atoms with E-state index in [1.165, 1.54) is 0 Å². The van der Waals surface area contributed by atoms with Crippen molar-refractivity contribution < 1.29 is 4.42 Å². The van der Waals surface area contributed by atoms with Gasteiger partial charge in [0.25, 0.3) is 0 Å². The Labute approximate surface area is 72.6 Å². The van der Waals surface area contributed by atoms with E-state index in [1.807, 2.05) is 31.2 Å². The SMILES string of the molecule is C=C(/C=C/c1ccco1)NCC. The third-order valence-corrected chi connectivity index (χ3v) is 1.40. The lowest BCUT2D eigenvalue weighted by Crippen LogP contribution is -2.08. The molecule has 1 aromatic rings. The largest absolute Gasteiger partial charge is 0.465 e. The lowest BCUT2D eigenvalue weighted by molar-refractivity contribution is 0.557. The number of hydrogen-bond acceptors (Lipinski definition) is 2. The summed E-state index contributed by atoms with van der Waals surface area (Å²) in [5.41, 5.74) is 0.897. The Balaban J connectivity index is 2.45. The van der Waals surface area contributed by atoms with Crippen molar-refractivity contribution in [2.75, 3.05) is 6.54 Å². The van der Waals surface area contributed by atoms with E-state index >= 15 is 0 Å². The Morgan fingerprint density at radius 3 is 3.17 bits per heavy atom.